The average Bonchev–Trinajstić information content (AvgIpc) is 2.41. The largest absolute Gasteiger partial charge is 0.450 e. The van der Waals surface area contributed by atoms with Gasteiger partial charge in [-0.25, -0.2) is 0 Å². The molecule has 7 heteroatoms. The molecule has 0 aliphatic carbocycles. The Balaban J connectivity index is 2.45. The standard InChI is InChI=1S/C13H12ClN3O3/c1-8-7-9(14)5-6-11(8)20-12-4-2-3-10(16-15)13(12)17(18)19/h2-7,16H,15H2,1H3. The number of aryl methyl sites for hydroxylation is 1. The highest BCUT2D eigenvalue weighted by Crippen LogP contribution is 2.38. The normalized spacial score (nSPS) is 10.2. The number of hydrogen-bond donors (Lipinski definition) is 2. The van der Waals surface area contributed by atoms with Crippen molar-refractivity contribution in [3.63, 3.8) is 0 Å². The molecule has 6 nitrogen and oxygen atoms in total. The van der Waals surface area contributed by atoms with Gasteiger partial charge in [-0.2, -0.15) is 0 Å². The molecule has 0 atom stereocenters. The Kier molecular flexibility index (Phi) is 4.07. The van der Waals surface area contributed by atoms with Gasteiger partial charge in [-0.1, -0.05) is 17.7 Å². The van der Waals surface area contributed by atoms with Crippen LogP contribution in [0.4, 0.5) is 11.4 Å². The van der Waals surface area contributed by atoms with Crippen molar-refractivity contribution in [3.05, 3.63) is 57.1 Å². The number of hydrogen-bond acceptors (Lipinski definition) is 5. The number of nitro groups is 1. The Bertz CT molecular complexity index is 661. The molecule has 0 saturated heterocycles. The third kappa shape index (κ3) is 2.81. The van der Waals surface area contributed by atoms with Gasteiger partial charge in [-0.15, -0.1) is 0 Å². The highest BCUT2D eigenvalue weighted by atomic mass is 35.5. The molecule has 0 saturated carbocycles. The van der Waals surface area contributed by atoms with Crippen molar-refractivity contribution in [2.75, 3.05) is 5.43 Å². The van der Waals surface area contributed by atoms with Gasteiger partial charge in [-0.05, 0) is 42.8 Å². The second kappa shape index (κ2) is 5.77. The van der Waals surface area contributed by atoms with E-state index in [9.17, 15) is 10.1 Å². The van der Waals surface area contributed by atoms with Crippen molar-refractivity contribution in [1.29, 1.82) is 0 Å². The topological polar surface area (TPSA) is 90.4 Å². The molecule has 0 radical (unpaired) electrons. The minimum Gasteiger partial charge on any atom is -0.450 e. The van der Waals surface area contributed by atoms with E-state index in [1.54, 1.807) is 31.2 Å². The number of benzene rings is 2. The minimum atomic E-state index is -0.546. The highest BCUT2D eigenvalue weighted by Gasteiger charge is 2.21. The molecule has 0 spiro atoms. The number of nitrogens with one attached hydrogen (secondary N) is 1. The number of rotatable bonds is 4. The highest BCUT2D eigenvalue weighted by molar-refractivity contribution is 6.30. The van der Waals surface area contributed by atoms with Crippen LogP contribution in [0.15, 0.2) is 36.4 Å². The van der Waals surface area contributed by atoms with Crippen LogP contribution in [0.3, 0.4) is 0 Å². The number of anilines is 1. The molecular formula is C13H12ClN3O3. The van der Waals surface area contributed by atoms with E-state index in [4.69, 9.17) is 22.2 Å². The third-order valence-electron chi connectivity index (χ3n) is 2.69. The molecule has 2 aromatic carbocycles. The lowest BCUT2D eigenvalue weighted by atomic mass is 10.2. The smallest absolute Gasteiger partial charge is 0.335 e. The first-order valence-electron chi connectivity index (χ1n) is 5.71. The van der Waals surface area contributed by atoms with Gasteiger partial charge in [0.15, 0.2) is 0 Å². The summed E-state index contributed by atoms with van der Waals surface area (Å²) in [7, 11) is 0. The number of para-hydroxylation sites is 1. The van der Waals surface area contributed by atoms with Crippen LogP contribution in [0.2, 0.25) is 5.02 Å². The summed E-state index contributed by atoms with van der Waals surface area (Å²) in [5.41, 5.74) is 3.02. The van der Waals surface area contributed by atoms with Crippen molar-refractivity contribution < 1.29 is 9.66 Å². The van der Waals surface area contributed by atoms with Crippen LogP contribution in [-0.2, 0) is 0 Å². The molecule has 2 rings (SSSR count). The van der Waals surface area contributed by atoms with Crippen molar-refractivity contribution in [2.24, 2.45) is 5.84 Å². The summed E-state index contributed by atoms with van der Waals surface area (Å²) < 4.78 is 5.60. The zero-order valence-corrected chi connectivity index (χ0v) is 11.3. The number of ether oxygens (including phenoxy) is 1. The minimum absolute atomic E-state index is 0.107. The predicted molar refractivity (Wildman–Crippen MR) is 77.2 cm³/mol. The summed E-state index contributed by atoms with van der Waals surface area (Å²) in [5.74, 6) is 5.87. The number of nitrogen functional groups attached to an aromatic ring is 1. The van der Waals surface area contributed by atoms with Crippen LogP contribution in [0.5, 0.6) is 11.5 Å². The van der Waals surface area contributed by atoms with Gasteiger partial charge < -0.3 is 10.2 Å². The second-order valence-electron chi connectivity index (χ2n) is 4.07. The van der Waals surface area contributed by atoms with E-state index < -0.39 is 4.92 Å². The lowest BCUT2D eigenvalue weighted by molar-refractivity contribution is -0.384. The fourth-order valence-corrected chi connectivity index (χ4v) is 1.98. The van der Waals surface area contributed by atoms with Crippen LogP contribution in [0.25, 0.3) is 0 Å². The van der Waals surface area contributed by atoms with Gasteiger partial charge in [0.1, 0.15) is 11.4 Å². The monoisotopic (exact) mass is 293 g/mol. The summed E-state index contributed by atoms with van der Waals surface area (Å²) in [6, 6.07) is 9.65. The van der Waals surface area contributed by atoms with E-state index in [1.807, 2.05) is 0 Å². The van der Waals surface area contributed by atoms with Crippen LogP contribution < -0.4 is 16.0 Å². The predicted octanol–water partition coefficient (Wildman–Crippen LogP) is 3.63. The van der Waals surface area contributed by atoms with E-state index in [0.29, 0.717) is 10.8 Å². The first kappa shape index (κ1) is 14.1. The zero-order valence-electron chi connectivity index (χ0n) is 10.6. The number of nitro benzene ring substituents is 1. The molecule has 0 fully saturated rings. The first-order valence-corrected chi connectivity index (χ1v) is 6.08. The van der Waals surface area contributed by atoms with Crippen molar-refractivity contribution >= 4 is 23.0 Å². The molecule has 3 N–H and O–H groups in total. The number of nitrogens with zero attached hydrogens (tertiary/aromatic N) is 1. The third-order valence-corrected chi connectivity index (χ3v) is 2.93. The van der Waals surface area contributed by atoms with Gasteiger partial charge >= 0.3 is 5.69 Å². The summed E-state index contributed by atoms with van der Waals surface area (Å²) in [4.78, 5) is 10.6. The molecule has 0 aliphatic rings. The summed E-state index contributed by atoms with van der Waals surface area (Å²) in [5, 5.41) is 11.7. The summed E-state index contributed by atoms with van der Waals surface area (Å²) >= 11 is 5.86. The molecule has 0 bridgehead atoms. The first-order chi connectivity index (χ1) is 9.52. The summed E-state index contributed by atoms with van der Waals surface area (Å²) in [6.07, 6.45) is 0. The van der Waals surface area contributed by atoms with E-state index in [-0.39, 0.29) is 17.1 Å². The van der Waals surface area contributed by atoms with E-state index in [2.05, 4.69) is 5.43 Å². The maximum absolute atomic E-state index is 11.1. The molecule has 104 valence electrons. The van der Waals surface area contributed by atoms with E-state index in [0.717, 1.165) is 5.56 Å². The van der Waals surface area contributed by atoms with Crippen LogP contribution in [0.1, 0.15) is 5.56 Å². The quantitative estimate of drug-likeness (QED) is 0.510. The van der Waals surface area contributed by atoms with Crippen LogP contribution >= 0.6 is 11.6 Å². The second-order valence-corrected chi connectivity index (χ2v) is 4.50. The molecule has 0 unspecified atom stereocenters. The van der Waals surface area contributed by atoms with Gasteiger partial charge in [0.25, 0.3) is 0 Å². The number of hydrazine groups is 1. The fourth-order valence-electron chi connectivity index (χ4n) is 1.76. The lowest BCUT2D eigenvalue weighted by Crippen LogP contribution is -2.09. The van der Waals surface area contributed by atoms with Gasteiger partial charge in [0, 0.05) is 5.02 Å². The van der Waals surface area contributed by atoms with E-state index in [1.165, 1.54) is 12.1 Å². The van der Waals surface area contributed by atoms with Gasteiger partial charge in [0.05, 0.1) is 4.92 Å². The summed E-state index contributed by atoms with van der Waals surface area (Å²) in [6.45, 7) is 1.80. The number of halogens is 1. The Morgan fingerprint density at radius 1 is 1.30 bits per heavy atom. The lowest BCUT2D eigenvalue weighted by Gasteiger charge is -2.11. The van der Waals surface area contributed by atoms with E-state index >= 15 is 0 Å². The Hall–Kier alpha value is -2.31. The molecule has 2 aromatic rings. The van der Waals surface area contributed by atoms with Crippen LogP contribution in [-0.4, -0.2) is 4.92 Å². The van der Waals surface area contributed by atoms with Gasteiger partial charge in [0.2, 0.25) is 5.75 Å². The molecule has 0 amide bonds. The Labute approximate surface area is 120 Å². The van der Waals surface area contributed by atoms with Gasteiger partial charge in [-0.3, -0.25) is 16.0 Å². The number of nitrogens with two attached hydrogens (primary N) is 1. The fraction of sp³-hybridized carbons (Fsp3) is 0.0769. The van der Waals surface area contributed by atoms with Crippen molar-refractivity contribution in [3.8, 4) is 11.5 Å². The van der Waals surface area contributed by atoms with Crippen molar-refractivity contribution in [2.45, 2.75) is 6.92 Å². The molecular weight excluding hydrogens is 282 g/mol. The SMILES string of the molecule is Cc1cc(Cl)ccc1Oc1cccc(NN)c1[N+](=O)[O-]. The molecule has 20 heavy (non-hydrogen) atoms. The zero-order chi connectivity index (χ0) is 14.7. The Morgan fingerprint density at radius 2 is 2.05 bits per heavy atom. The molecule has 0 heterocycles. The van der Waals surface area contributed by atoms with Crippen molar-refractivity contribution in [1.82, 2.24) is 0 Å². The Morgan fingerprint density at radius 3 is 2.65 bits per heavy atom. The van der Waals surface area contributed by atoms with Crippen LogP contribution in [0, 0.1) is 17.0 Å². The molecule has 0 aliphatic heterocycles. The molecule has 0 aromatic heterocycles. The maximum atomic E-state index is 11.1. The maximum Gasteiger partial charge on any atom is 0.335 e. The average molecular weight is 294 g/mol.